The lowest BCUT2D eigenvalue weighted by atomic mass is 9.99. The van der Waals surface area contributed by atoms with Crippen LogP contribution in [0.1, 0.15) is 32.6 Å². The number of nitrogens with one attached hydrogen (secondary N) is 1. The molecule has 2 unspecified atom stereocenters. The number of rotatable bonds is 6. The predicted molar refractivity (Wildman–Crippen MR) is 62.0 cm³/mol. The van der Waals surface area contributed by atoms with E-state index in [4.69, 9.17) is 5.73 Å². The van der Waals surface area contributed by atoms with Gasteiger partial charge < -0.3 is 5.73 Å². The van der Waals surface area contributed by atoms with Gasteiger partial charge in [-0.2, -0.15) is 0 Å². The van der Waals surface area contributed by atoms with Crippen LogP contribution in [0, 0.1) is 11.8 Å². The molecule has 0 heterocycles. The highest BCUT2D eigenvalue weighted by molar-refractivity contribution is 7.89. The normalized spacial score (nSPS) is 27.1. The molecular weight excluding hydrogens is 212 g/mol. The fourth-order valence-corrected chi connectivity index (χ4v) is 3.26. The lowest BCUT2D eigenvalue weighted by Crippen LogP contribution is -2.32. The van der Waals surface area contributed by atoms with Gasteiger partial charge in [-0.15, -0.1) is 0 Å². The number of sulfonamides is 1. The molecule has 1 fully saturated rings. The average molecular weight is 234 g/mol. The minimum Gasteiger partial charge on any atom is -0.330 e. The van der Waals surface area contributed by atoms with Crippen LogP contribution in [-0.2, 0) is 10.0 Å². The minimum absolute atomic E-state index is 0.157. The molecule has 90 valence electrons. The summed E-state index contributed by atoms with van der Waals surface area (Å²) in [4.78, 5) is 0. The molecule has 4 nitrogen and oxygen atoms in total. The lowest BCUT2D eigenvalue weighted by molar-refractivity contribution is 0.414. The first kappa shape index (κ1) is 12.9. The van der Waals surface area contributed by atoms with Crippen LogP contribution in [-0.4, -0.2) is 27.3 Å². The molecule has 15 heavy (non-hydrogen) atoms. The second kappa shape index (κ2) is 5.82. The van der Waals surface area contributed by atoms with Crippen LogP contribution in [0.3, 0.4) is 0 Å². The summed E-state index contributed by atoms with van der Waals surface area (Å²) in [6, 6.07) is 0. The van der Waals surface area contributed by atoms with E-state index in [0.29, 0.717) is 31.3 Å². The largest absolute Gasteiger partial charge is 0.330 e. The van der Waals surface area contributed by atoms with Crippen LogP contribution < -0.4 is 10.5 Å². The molecule has 3 N–H and O–H groups in total. The topological polar surface area (TPSA) is 72.2 Å². The van der Waals surface area contributed by atoms with Gasteiger partial charge >= 0.3 is 0 Å². The first-order valence-corrected chi connectivity index (χ1v) is 7.38. The lowest BCUT2D eigenvalue weighted by Gasteiger charge is -2.15. The van der Waals surface area contributed by atoms with Crippen LogP contribution in [0.4, 0.5) is 0 Å². The van der Waals surface area contributed by atoms with E-state index in [1.165, 1.54) is 12.8 Å². The molecule has 0 saturated heterocycles. The van der Waals surface area contributed by atoms with Crippen LogP contribution in [0.25, 0.3) is 0 Å². The van der Waals surface area contributed by atoms with Crippen LogP contribution in [0.5, 0.6) is 0 Å². The average Bonchev–Trinajstić information content (AvgIpc) is 2.58. The maximum absolute atomic E-state index is 11.5. The van der Waals surface area contributed by atoms with Crippen LogP contribution >= 0.6 is 0 Å². The summed E-state index contributed by atoms with van der Waals surface area (Å²) < 4.78 is 25.7. The molecule has 1 aliphatic carbocycles. The molecular formula is C10H22N2O2S. The molecule has 0 aliphatic heterocycles. The van der Waals surface area contributed by atoms with Gasteiger partial charge in [0.2, 0.25) is 10.0 Å². The summed E-state index contributed by atoms with van der Waals surface area (Å²) in [6.07, 6.45) is 4.15. The zero-order chi connectivity index (χ0) is 11.3. The second-order valence-electron chi connectivity index (χ2n) is 4.48. The fourth-order valence-electron chi connectivity index (χ4n) is 2.11. The molecule has 0 aromatic heterocycles. The van der Waals surface area contributed by atoms with Gasteiger partial charge in [-0.1, -0.05) is 19.8 Å². The van der Waals surface area contributed by atoms with Gasteiger partial charge in [0.1, 0.15) is 0 Å². The molecule has 0 aromatic rings. The molecule has 0 aromatic carbocycles. The number of nitrogens with two attached hydrogens (primary N) is 1. The highest BCUT2D eigenvalue weighted by Gasteiger charge is 2.24. The third-order valence-corrected chi connectivity index (χ3v) is 4.65. The maximum Gasteiger partial charge on any atom is 0.211 e. The van der Waals surface area contributed by atoms with Gasteiger partial charge in [0.25, 0.3) is 0 Å². The molecule has 0 radical (unpaired) electrons. The summed E-state index contributed by atoms with van der Waals surface area (Å²) in [5.74, 6) is 1.34. The Bertz CT molecular complexity index is 277. The van der Waals surface area contributed by atoms with E-state index in [9.17, 15) is 8.42 Å². The van der Waals surface area contributed by atoms with Crippen LogP contribution in [0.15, 0.2) is 0 Å². The Morgan fingerprint density at radius 2 is 2.13 bits per heavy atom. The van der Waals surface area contributed by atoms with Crippen LogP contribution in [0.2, 0.25) is 0 Å². The number of hydrogen-bond acceptors (Lipinski definition) is 3. The third-order valence-electron chi connectivity index (χ3n) is 3.22. The van der Waals surface area contributed by atoms with Crippen molar-refractivity contribution in [2.24, 2.45) is 17.6 Å². The van der Waals surface area contributed by atoms with Gasteiger partial charge in [0.15, 0.2) is 0 Å². The van der Waals surface area contributed by atoms with E-state index in [2.05, 4.69) is 11.6 Å². The summed E-state index contributed by atoms with van der Waals surface area (Å²) in [7, 11) is -3.08. The Labute approximate surface area is 92.7 Å². The zero-order valence-electron chi connectivity index (χ0n) is 9.41. The number of hydrogen-bond donors (Lipinski definition) is 2. The summed E-state index contributed by atoms with van der Waals surface area (Å²) >= 11 is 0. The van der Waals surface area contributed by atoms with E-state index >= 15 is 0 Å². The molecule has 0 amide bonds. The van der Waals surface area contributed by atoms with Crippen molar-refractivity contribution in [1.29, 1.82) is 0 Å². The third kappa shape index (κ3) is 4.49. The smallest absolute Gasteiger partial charge is 0.211 e. The van der Waals surface area contributed by atoms with Crippen molar-refractivity contribution in [2.75, 3.05) is 18.8 Å². The van der Waals surface area contributed by atoms with Crippen molar-refractivity contribution in [3.8, 4) is 0 Å². The first-order valence-electron chi connectivity index (χ1n) is 5.72. The Morgan fingerprint density at radius 1 is 1.40 bits per heavy atom. The monoisotopic (exact) mass is 234 g/mol. The molecule has 0 spiro atoms. The standard InChI is InChI=1S/C10H22N2O2S/c1-9-4-2-5-10(9)8-12-15(13,14)7-3-6-11/h9-10,12H,2-8,11H2,1H3. The molecule has 1 aliphatic rings. The minimum atomic E-state index is -3.08. The van der Waals surface area contributed by atoms with Gasteiger partial charge in [-0.05, 0) is 31.2 Å². The predicted octanol–water partition coefficient (Wildman–Crippen LogP) is 0.691. The molecule has 2 atom stereocenters. The van der Waals surface area contributed by atoms with Crippen molar-refractivity contribution < 1.29 is 8.42 Å². The molecule has 0 bridgehead atoms. The summed E-state index contributed by atoms with van der Waals surface area (Å²) in [5, 5.41) is 0. The van der Waals surface area contributed by atoms with Gasteiger partial charge in [0, 0.05) is 6.54 Å². The molecule has 1 rings (SSSR count). The SMILES string of the molecule is CC1CCCC1CNS(=O)(=O)CCCN. The molecule has 1 saturated carbocycles. The Hall–Kier alpha value is -0.130. The first-order chi connectivity index (χ1) is 7.05. The Balaban J connectivity index is 2.29. The van der Waals surface area contributed by atoms with Crippen molar-refractivity contribution in [3.05, 3.63) is 0 Å². The van der Waals surface area contributed by atoms with Crippen molar-refractivity contribution in [1.82, 2.24) is 4.72 Å². The van der Waals surface area contributed by atoms with Gasteiger partial charge in [-0.3, -0.25) is 0 Å². The van der Waals surface area contributed by atoms with Gasteiger partial charge in [0.05, 0.1) is 5.75 Å². The van der Waals surface area contributed by atoms with E-state index in [-0.39, 0.29) is 5.75 Å². The molecule has 5 heteroatoms. The Morgan fingerprint density at radius 3 is 2.67 bits per heavy atom. The van der Waals surface area contributed by atoms with Gasteiger partial charge in [-0.25, -0.2) is 13.1 Å². The highest BCUT2D eigenvalue weighted by Crippen LogP contribution is 2.30. The second-order valence-corrected chi connectivity index (χ2v) is 6.40. The summed E-state index contributed by atoms with van der Waals surface area (Å²) in [5.41, 5.74) is 5.28. The van der Waals surface area contributed by atoms with Crippen molar-refractivity contribution in [3.63, 3.8) is 0 Å². The maximum atomic E-state index is 11.5. The van der Waals surface area contributed by atoms with E-state index < -0.39 is 10.0 Å². The fraction of sp³-hybridized carbons (Fsp3) is 1.00. The zero-order valence-corrected chi connectivity index (χ0v) is 10.2. The quantitative estimate of drug-likeness (QED) is 0.710. The van der Waals surface area contributed by atoms with Crippen molar-refractivity contribution >= 4 is 10.0 Å². The van der Waals surface area contributed by atoms with E-state index in [1.54, 1.807) is 0 Å². The van der Waals surface area contributed by atoms with E-state index in [0.717, 1.165) is 6.42 Å². The Kier molecular flexibility index (Phi) is 5.02. The summed E-state index contributed by atoms with van der Waals surface area (Å²) in [6.45, 7) is 3.24. The van der Waals surface area contributed by atoms with Crippen molar-refractivity contribution in [2.45, 2.75) is 32.6 Å². The highest BCUT2D eigenvalue weighted by atomic mass is 32.2. The van der Waals surface area contributed by atoms with E-state index in [1.807, 2.05) is 0 Å².